The van der Waals surface area contributed by atoms with Gasteiger partial charge in [-0.15, -0.1) is 0 Å². The SMILES string of the molecule is CCOCCOC(=O)NCc1ccc(-c2noc(C(F)(F)F)n2)cc1C(F)(F)F. The van der Waals surface area contributed by atoms with E-state index in [-0.39, 0.29) is 24.3 Å². The third kappa shape index (κ3) is 6.34. The fourth-order valence-electron chi connectivity index (χ4n) is 2.15. The minimum absolute atomic E-state index is 0.0793. The Morgan fingerprint density at radius 1 is 1.14 bits per heavy atom. The Balaban J connectivity index is 2.16. The molecule has 0 fully saturated rings. The van der Waals surface area contributed by atoms with Crippen molar-refractivity contribution >= 4 is 6.09 Å². The predicted molar refractivity (Wildman–Crippen MR) is 84.4 cm³/mol. The highest BCUT2D eigenvalue weighted by Gasteiger charge is 2.39. The molecule has 2 aromatic rings. The first-order valence-corrected chi connectivity index (χ1v) is 8.12. The summed E-state index contributed by atoms with van der Waals surface area (Å²) in [6, 6.07) is 2.64. The Bertz CT molecular complexity index is 835. The molecule has 160 valence electrons. The van der Waals surface area contributed by atoms with Gasteiger partial charge in [-0.2, -0.15) is 31.3 Å². The van der Waals surface area contributed by atoms with Crippen molar-refractivity contribution < 1.29 is 45.1 Å². The molecule has 7 nitrogen and oxygen atoms in total. The third-order valence-electron chi connectivity index (χ3n) is 3.43. The number of nitrogens with one attached hydrogen (secondary N) is 1. The molecule has 0 spiro atoms. The molecule has 0 bridgehead atoms. The summed E-state index contributed by atoms with van der Waals surface area (Å²) in [6.07, 6.45) is -10.7. The van der Waals surface area contributed by atoms with Crippen molar-refractivity contribution in [2.24, 2.45) is 0 Å². The first-order chi connectivity index (χ1) is 13.5. The van der Waals surface area contributed by atoms with E-state index in [9.17, 15) is 31.1 Å². The molecule has 1 amide bonds. The number of hydrogen-bond donors (Lipinski definition) is 1. The van der Waals surface area contributed by atoms with Crippen molar-refractivity contribution in [3.8, 4) is 11.4 Å². The second-order valence-corrected chi connectivity index (χ2v) is 5.48. The lowest BCUT2D eigenvalue weighted by molar-refractivity contribution is -0.159. The number of rotatable bonds is 7. The molecular weight excluding hydrogens is 412 g/mol. The highest BCUT2D eigenvalue weighted by atomic mass is 19.4. The van der Waals surface area contributed by atoms with E-state index in [1.165, 1.54) is 0 Å². The van der Waals surface area contributed by atoms with E-state index in [1.807, 2.05) is 0 Å². The van der Waals surface area contributed by atoms with E-state index in [0.29, 0.717) is 12.7 Å². The van der Waals surface area contributed by atoms with Crippen molar-refractivity contribution in [3.63, 3.8) is 0 Å². The van der Waals surface area contributed by atoms with Gasteiger partial charge in [0.25, 0.3) is 0 Å². The Kier molecular flexibility index (Phi) is 7.06. The van der Waals surface area contributed by atoms with E-state index >= 15 is 0 Å². The van der Waals surface area contributed by atoms with Gasteiger partial charge in [0.1, 0.15) is 6.61 Å². The number of nitrogens with zero attached hydrogens (tertiary/aromatic N) is 2. The number of alkyl carbamates (subject to hydrolysis) is 1. The van der Waals surface area contributed by atoms with Crippen LogP contribution in [0.25, 0.3) is 11.4 Å². The molecule has 0 aliphatic rings. The number of carbonyl (C=O) groups excluding carboxylic acids is 1. The standard InChI is InChI=1S/C16H15F6N3O4/c1-2-27-5-6-28-14(26)23-8-10-4-3-9(7-11(10)15(17,18)19)12-24-13(29-25-12)16(20,21)22/h3-4,7H,2,5-6,8H2,1H3,(H,23,26). The van der Waals surface area contributed by atoms with E-state index in [1.54, 1.807) is 6.92 Å². The molecule has 0 saturated heterocycles. The number of ether oxygens (including phenoxy) is 2. The number of amides is 1. The zero-order chi connectivity index (χ0) is 21.7. The lowest BCUT2D eigenvalue weighted by Crippen LogP contribution is -2.26. The monoisotopic (exact) mass is 427 g/mol. The molecule has 1 aromatic heterocycles. The Morgan fingerprint density at radius 3 is 2.45 bits per heavy atom. The van der Waals surface area contributed by atoms with Gasteiger partial charge in [-0.25, -0.2) is 4.79 Å². The van der Waals surface area contributed by atoms with E-state index < -0.39 is 42.3 Å². The van der Waals surface area contributed by atoms with E-state index in [0.717, 1.165) is 12.1 Å². The van der Waals surface area contributed by atoms with Gasteiger partial charge in [-0.1, -0.05) is 17.3 Å². The number of halogens is 6. The second kappa shape index (κ2) is 9.11. The molecule has 0 aliphatic heterocycles. The van der Waals surface area contributed by atoms with Crippen LogP contribution in [0.3, 0.4) is 0 Å². The zero-order valence-electron chi connectivity index (χ0n) is 14.9. The summed E-state index contributed by atoms with van der Waals surface area (Å²) in [5.74, 6) is -2.33. The second-order valence-electron chi connectivity index (χ2n) is 5.48. The molecule has 0 unspecified atom stereocenters. The minimum Gasteiger partial charge on any atom is -0.447 e. The van der Waals surface area contributed by atoms with Gasteiger partial charge in [-0.3, -0.25) is 0 Å². The van der Waals surface area contributed by atoms with Crippen LogP contribution in [-0.2, 0) is 28.4 Å². The van der Waals surface area contributed by atoms with Crippen LogP contribution in [0, 0.1) is 0 Å². The molecule has 1 heterocycles. The van der Waals surface area contributed by atoms with Crippen LogP contribution < -0.4 is 5.32 Å². The largest absolute Gasteiger partial charge is 0.471 e. The van der Waals surface area contributed by atoms with E-state index in [2.05, 4.69) is 20.0 Å². The summed E-state index contributed by atoms with van der Waals surface area (Å²) < 4.78 is 91.3. The molecule has 1 aromatic carbocycles. The third-order valence-corrected chi connectivity index (χ3v) is 3.43. The predicted octanol–water partition coefficient (Wildman–Crippen LogP) is 4.04. The van der Waals surface area contributed by atoms with Gasteiger partial charge in [0, 0.05) is 18.7 Å². The van der Waals surface area contributed by atoms with Crippen LogP contribution in [0.1, 0.15) is 23.9 Å². The van der Waals surface area contributed by atoms with Crippen LogP contribution in [0.5, 0.6) is 0 Å². The molecule has 0 atom stereocenters. The minimum atomic E-state index is -4.93. The molecule has 13 heteroatoms. The van der Waals surface area contributed by atoms with Crippen LogP contribution in [0.15, 0.2) is 22.7 Å². The summed E-state index contributed by atoms with van der Waals surface area (Å²) in [5.41, 5.74) is -1.84. The van der Waals surface area contributed by atoms with Gasteiger partial charge in [0.2, 0.25) is 5.82 Å². The first kappa shape index (κ1) is 22.5. The smallest absolute Gasteiger partial charge is 0.447 e. The summed E-state index contributed by atoms with van der Waals surface area (Å²) in [4.78, 5) is 14.6. The van der Waals surface area contributed by atoms with Crippen molar-refractivity contribution in [1.82, 2.24) is 15.5 Å². The van der Waals surface area contributed by atoms with Crippen molar-refractivity contribution in [2.75, 3.05) is 19.8 Å². The topological polar surface area (TPSA) is 86.5 Å². The van der Waals surface area contributed by atoms with Crippen LogP contribution in [0.4, 0.5) is 31.1 Å². The maximum Gasteiger partial charge on any atom is 0.471 e. The number of hydrogen-bond acceptors (Lipinski definition) is 6. The maximum absolute atomic E-state index is 13.3. The van der Waals surface area contributed by atoms with Gasteiger partial charge < -0.3 is 19.3 Å². The molecule has 0 radical (unpaired) electrons. The van der Waals surface area contributed by atoms with Crippen molar-refractivity contribution in [1.29, 1.82) is 0 Å². The lowest BCUT2D eigenvalue weighted by atomic mass is 10.0. The lowest BCUT2D eigenvalue weighted by Gasteiger charge is -2.14. The van der Waals surface area contributed by atoms with Crippen LogP contribution in [0.2, 0.25) is 0 Å². The molecule has 0 saturated carbocycles. The maximum atomic E-state index is 13.3. The first-order valence-electron chi connectivity index (χ1n) is 8.12. The highest BCUT2D eigenvalue weighted by molar-refractivity contribution is 5.67. The summed E-state index contributed by atoms with van der Waals surface area (Å²) in [7, 11) is 0. The van der Waals surface area contributed by atoms with Gasteiger partial charge in [-0.05, 0) is 18.6 Å². The van der Waals surface area contributed by atoms with Crippen molar-refractivity contribution in [3.05, 3.63) is 35.2 Å². The number of aromatic nitrogens is 2. The molecule has 29 heavy (non-hydrogen) atoms. The molecule has 1 N–H and O–H groups in total. The fourth-order valence-corrected chi connectivity index (χ4v) is 2.15. The fraction of sp³-hybridized carbons (Fsp3) is 0.438. The van der Waals surface area contributed by atoms with Crippen LogP contribution >= 0.6 is 0 Å². The quantitative estimate of drug-likeness (QED) is 0.530. The number of alkyl halides is 6. The Hall–Kier alpha value is -2.83. The van der Waals surface area contributed by atoms with Gasteiger partial charge >= 0.3 is 24.3 Å². The zero-order valence-corrected chi connectivity index (χ0v) is 14.9. The van der Waals surface area contributed by atoms with Gasteiger partial charge in [0.15, 0.2) is 0 Å². The molecule has 2 rings (SSSR count). The Labute approximate surface area is 160 Å². The number of carbonyl (C=O) groups is 1. The summed E-state index contributed by atoms with van der Waals surface area (Å²) in [6.45, 7) is 1.68. The van der Waals surface area contributed by atoms with Gasteiger partial charge in [0.05, 0.1) is 12.2 Å². The molecule has 0 aliphatic carbocycles. The normalized spacial score (nSPS) is 12.1. The highest BCUT2D eigenvalue weighted by Crippen LogP contribution is 2.35. The van der Waals surface area contributed by atoms with Crippen LogP contribution in [-0.4, -0.2) is 36.1 Å². The summed E-state index contributed by atoms with van der Waals surface area (Å²) >= 11 is 0. The van der Waals surface area contributed by atoms with Crippen molar-refractivity contribution in [2.45, 2.75) is 25.8 Å². The Morgan fingerprint density at radius 2 is 1.86 bits per heavy atom. The summed E-state index contributed by atoms with van der Waals surface area (Å²) in [5, 5.41) is 5.21. The average molecular weight is 427 g/mol. The number of benzene rings is 1. The molecular formula is C16H15F6N3O4. The van der Waals surface area contributed by atoms with E-state index in [4.69, 9.17) is 9.47 Å². The average Bonchev–Trinajstić information content (AvgIpc) is 3.13.